The van der Waals surface area contributed by atoms with Crippen LogP contribution in [0.15, 0.2) is 57.3 Å². The lowest BCUT2D eigenvalue weighted by molar-refractivity contribution is -0.0379. The van der Waals surface area contributed by atoms with Crippen LogP contribution in [0, 0.1) is 13.8 Å². The maximum atomic E-state index is 6.08. The van der Waals surface area contributed by atoms with Crippen molar-refractivity contribution in [2.45, 2.75) is 19.6 Å². The lowest BCUT2D eigenvalue weighted by Gasteiger charge is -2.32. The molecule has 2 aliphatic heterocycles. The quantitative estimate of drug-likeness (QED) is 0.780. The van der Waals surface area contributed by atoms with Crippen LogP contribution < -0.4 is 0 Å². The zero-order chi connectivity index (χ0) is 16.6. The molecule has 1 saturated heterocycles. The maximum Gasteiger partial charge on any atom is 0.260 e. The molecule has 2 heterocycles. The van der Waals surface area contributed by atoms with Crippen LogP contribution in [0.4, 0.5) is 0 Å². The molecule has 0 unspecified atom stereocenters. The fourth-order valence-corrected chi connectivity index (χ4v) is 3.58. The van der Waals surface area contributed by atoms with E-state index in [9.17, 15) is 0 Å². The topological polar surface area (TPSA) is 43.2 Å². The van der Waals surface area contributed by atoms with Gasteiger partial charge in [-0.3, -0.25) is 0 Å². The summed E-state index contributed by atoms with van der Waals surface area (Å²) in [6.07, 6.45) is 0. The summed E-state index contributed by atoms with van der Waals surface area (Å²) >= 11 is 1.19. The second-order valence-corrected chi connectivity index (χ2v) is 6.54. The first-order chi connectivity index (χ1) is 11.7. The van der Waals surface area contributed by atoms with Crippen LogP contribution in [0.3, 0.4) is 0 Å². The van der Waals surface area contributed by atoms with Gasteiger partial charge in [-0.25, -0.2) is 0 Å². The number of aryl methyl sites for hydroxylation is 2. The third-order valence-electron chi connectivity index (χ3n) is 4.23. The van der Waals surface area contributed by atoms with E-state index in [1.165, 1.54) is 23.3 Å². The third-order valence-corrected chi connectivity index (χ3v) is 4.76. The smallest absolute Gasteiger partial charge is 0.260 e. The zero-order valence-electron chi connectivity index (χ0n) is 13.7. The Kier molecular flexibility index (Phi) is 4.00. The van der Waals surface area contributed by atoms with Gasteiger partial charge in [-0.15, -0.1) is 0 Å². The van der Waals surface area contributed by atoms with Crippen molar-refractivity contribution in [3.8, 4) is 0 Å². The largest absolute Gasteiger partial charge is 0.337 e. The number of rotatable bonds is 2. The van der Waals surface area contributed by atoms with Gasteiger partial charge in [-0.05, 0) is 13.8 Å². The summed E-state index contributed by atoms with van der Waals surface area (Å²) in [4.78, 5) is 0. The van der Waals surface area contributed by atoms with E-state index in [4.69, 9.17) is 9.47 Å². The second-order valence-electron chi connectivity index (χ2n) is 6.01. The molecule has 122 valence electrons. The van der Waals surface area contributed by atoms with Crippen molar-refractivity contribution in [2.75, 3.05) is 13.2 Å². The molecule has 1 fully saturated rings. The van der Waals surface area contributed by atoms with Gasteiger partial charge in [0.15, 0.2) is 0 Å². The Morgan fingerprint density at radius 3 is 1.58 bits per heavy atom. The van der Waals surface area contributed by atoms with Gasteiger partial charge in [0.05, 0.1) is 13.2 Å². The molecule has 0 aliphatic carbocycles. The van der Waals surface area contributed by atoms with Gasteiger partial charge in [0, 0.05) is 11.1 Å². The van der Waals surface area contributed by atoms with Crippen LogP contribution in [0.25, 0.3) is 0 Å². The number of ether oxygens (including phenoxy) is 2. The zero-order valence-corrected chi connectivity index (χ0v) is 14.5. The molecule has 0 saturated carbocycles. The highest BCUT2D eigenvalue weighted by atomic mass is 32.2. The lowest BCUT2D eigenvalue weighted by atomic mass is 9.93. The van der Waals surface area contributed by atoms with Gasteiger partial charge < -0.3 is 9.47 Å². The standard InChI is InChI=1S/C19H18N2O2S/c1-13-3-7-15(8-4-13)17-19(22-11-12-23-19)18(21-24-20-17)16-9-5-14(2)6-10-16/h3-10H,11-12H2,1-2H3. The normalized spacial score (nSPS) is 19.2. The molecule has 0 radical (unpaired) electrons. The first-order valence-electron chi connectivity index (χ1n) is 7.94. The van der Waals surface area contributed by atoms with Gasteiger partial charge in [-0.2, -0.15) is 8.80 Å². The van der Waals surface area contributed by atoms with E-state index in [0.717, 1.165) is 22.6 Å². The van der Waals surface area contributed by atoms with Crippen LogP contribution in [0.2, 0.25) is 0 Å². The highest BCUT2D eigenvalue weighted by Crippen LogP contribution is 2.36. The Labute approximate surface area is 145 Å². The molecule has 4 rings (SSSR count). The van der Waals surface area contributed by atoms with Crippen LogP contribution in [-0.2, 0) is 9.47 Å². The van der Waals surface area contributed by atoms with E-state index in [-0.39, 0.29) is 0 Å². The molecular weight excluding hydrogens is 320 g/mol. The molecule has 5 heteroatoms. The molecule has 2 aliphatic rings. The SMILES string of the molecule is Cc1ccc(C2=NSN=C(c3ccc(C)cc3)C23OCCO3)cc1. The summed E-state index contributed by atoms with van der Waals surface area (Å²) in [5, 5.41) is 0. The second kappa shape index (κ2) is 6.16. The number of nitrogens with zero attached hydrogens (tertiary/aromatic N) is 2. The molecule has 0 atom stereocenters. The Balaban J connectivity index is 1.80. The number of hydrogen-bond acceptors (Lipinski definition) is 5. The minimum atomic E-state index is -1.02. The lowest BCUT2D eigenvalue weighted by Crippen LogP contribution is -2.49. The van der Waals surface area contributed by atoms with Gasteiger partial charge in [0.2, 0.25) is 0 Å². The van der Waals surface area contributed by atoms with E-state index in [2.05, 4.69) is 71.2 Å². The van der Waals surface area contributed by atoms with Crippen LogP contribution in [0.5, 0.6) is 0 Å². The van der Waals surface area contributed by atoms with Crippen molar-refractivity contribution < 1.29 is 9.47 Å². The summed E-state index contributed by atoms with van der Waals surface area (Å²) < 4.78 is 21.3. The van der Waals surface area contributed by atoms with Crippen molar-refractivity contribution in [3.63, 3.8) is 0 Å². The van der Waals surface area contributed by atoms with Crippen molar-refractivity contribution in [3.05, 3.63) is 70.8 Å². The molecule has 0 bridgehead atoms. The molecular formula is C19H18N2O2S. The minimum absolute atomic E-state index is 0.528. The highest BCUT2D eigenvalue weighted by molar-refractivity contribution is 7.97. The Bertz CT molecular complexity index is 741. The van der Waals surface area contributed by atoms with Gasteiger partial charge in [-0.1, -0.05) is 59.7 Å². The van der Waals surface area contributed by atoms with Crippen molar-refractivity contribution in [1.29, 1.82) is 0 Å². The molecule has 24 heavy (non-hydrogen) atoms. The van der Waals surface area contributed by atoms with Crippen molar-refractivity contribution >= 4 is 23.6 Å². The summed E-state index contributed by atoms with van der Waals surface area (Å²) in [6.45, 7) is 5.19. The highest BCUT2D eigenvalue weighted by Gasteiger charge is 2.50. The van der Waals surface area contributed by atoms with Crippen molar-refractivity contribution in [1.82, 2.24) is 0 Å². The monoisotopic (exact) mass is 338 g/mol. The Morgan fingerprint density at radius 1 is 0.750 bits per heavy atom. The average Bonchev–Trinajstić information content (AvgIpc) is 3.07. The molecule has 0 aromatic heterocycles. The first kappa shape index (κ1) is 15.6. The molecule has 2 aromatic carbocycles. The molecule has 2 aromatic rings. The maximum absolute atomic E-state index is 6.08. The van der Waals surface area contributed by atoms with E-state index in [1.807, 2.05) is 0 Å². The fraction of sp³-hybridized carbons (Fsp3) is 0.263. The summed E-state index contributed by atoms with van der Waals surface area (Å²) in [7, 11) is 0. The van der Waals surface area contributed by atoms with Crippen LogP contribution >= 0.6 is 12.1 Å². The molecule has 4 nitrogen and oxygen atoms in total. The van der Waals surface area contributed by atoms with E-state index >= 15 is 0 Å². The first-order valence-corrected chi connectivity index (χ1v) is 8.67. The third kappa shape index (κ3) is 2.59. The van der Waals surface area contributed by atoms with E-state index in [1.54, 1.807) is 0 Å². The Hall–Kier alpha value is -1.95. The molecule has 0 N–H and O–H groups in total. The predicted molar refractivity (Wildman–Crippen MR) is 97.7 cm³/mol. The summed E-state index contributed by atoms with van der Waals surface area (Å²) in [5.41, 5.74) is 5.95. The summed E-state index contributed by atoms with van der Waals surface area (Å²) in [5.74, 6) is -1.02. The van der Waals surface area contributed by atoms with Crippen LogP contribution in [-0.4, -0.2) is 30.4 Å². The van der Waals surface area contributed by atoms with Gasteiger partial charge in [0.25, 0.3) is 5.79 Å². The fourth-order valence-electron chi connectivity index (χ4n) is 2.93. The number of hydrogen-bond donors (Lipinski definition) is 0. The Morgan fingerprint density at radius 2 is 1.17 bits per heavy atom. The van der Waals surface area contributed by atoms with Gasteiger partial charge in [0.1, 0.15) is 23.6 Å². The minimum Gasteiger partial charge on any atom is -0.337 e. The van der Waals surface area contributed by atoms with Crippen LogP contribution in [0.1, 0.15) is 22.3 Å². The number of benzene rings is 2. The van der Waals surface area contributed by atoms with E-state index in [0.29, 0.717) is 13.2 Å². The van der Waals surface area contributed by atoms with Gasteiger partial charge >= 0.3 is 0 Å². The molecule has 0 amide bonds. The summed E-state index contributed by atoms with van der Waals surface area (Å²) in [6, 6.07) is 16.5. The van der Waals surface area contributed by atoms with Crippen molar-refractivity contribution in [2.24, 2.45) is 8.80 Å². The molecule has 1 spiro atoms. The predicted octanol–water partition coefficient (Wildman–Crippen LogP) is 3.90. The average molecular weight is 338 g/mol. The van der Waals surface area contributed by atoms with E-state index < -0.39 is 5.79 Å².